The van der Waals surface area contributed by atoms with Crippen molar-refractivity contribution < 1.29 is 9.13 Å². The highest BCUT2D eigenvalue weighted by atomic mass is 127. The highest BCUT2D eigenvalue weighted by molar-refractivity contribution is 14.0. The highest BCUT2D eigenvalue weighted by Gasteiger charge is 1.98. The van der Waals surface area contributed by atoms with Crippen LogP contribution in [-0.2, 0) is 11.3 Å². The predicted molar refractivity (Wildman–Crippen MR) is 95.7 cm³/mol. The molecule has 0 aromatic heterocycles. The van der Waals surface area contributed by atoms with Crippen molar-refractivity contribution >= 4 is 29.9 Å². The van der Waals surface area contributed by atoms with Gasteiger partial charge in [0.05, 0.1) is 0 Å². The van der Waals surface area contributed by atoms with Gasteiger partial charge < -0.3 is 15.4 Å². The molecule has 0 unspecified atom stereocenters. The van der Waals surface area contributed by atoms with Crippen LogP contribution in [0.1, 0.15) is 24.8 Å². The topological polar surface area (TPSA) is 45.7 Å². The van der Waals surface area contributed by atoms with E-state index in [1.165, 1.54) is 12.1 Å². The van der Waals surface area contributed by atoms with Gasteiger partial charge in [0.2, 0.25) is 0 Å². The Morgan fingerprint density at radius 1 is 1.14 bits per heavy atom. The van der Waals surface area contributed by atoms with Crippen molar-refractivity contribution in [2.75, 3.05) is 27.3 Å². The second-order valence-electron chi connectivity index (χ2n) is 4.53. The van der Waals surface area contributed by atoms with Crippen LogP contribution in [-0.4, -0.2) is 33.3 Å². The lowest BCUT2D eigenvalue weighted by molar-refractivity contribution is 0.192. The molecule has 0 aliphatic carbocycles. The Morgan fingerprint density at radius 2 is 1.86 bits per heavy atom. The Morgan fingerprint density at radius 3 is 2.48 bits per heavy atom. The largest absolute Gasteiger partial charge is 0.385 e. The van der Waals surface area contributed by atoms with E-state index >= 15 is 0 Å². The maximum Gasteiger partial charge on any atom is 0.191 e. The smallest absolute Gasteiger partial charge is 0.191 e. The van der Waals surface area contributed by atoms with E-state index < -0.39 is 0 Å². The molecule has 0 aliphatic rings. The lowest BCUT2D eigenvalue weighted by Crippen LogP contribution is -2.37. The maximum absolute atomic E-state index is 12.8. The van der Waals surface area contributed by atoms with Crippen molar-refractivity contribution in [2.45, 2.75) is 25.8 Å². The van der Waals surface area contributed by atoms with Crippen LogP contribution in [0.4, 0.5) is 4.39 Å². The summed E-state index contributed by atoms with van der Waals surface area (Å²) in [5.74, 6) is 0.549. The molecule has 0 atom stereocenters. The van der Waals surface area contributed by atoms with E-state index in [0.717, 1.165) is 43.9 Å². The third-order valence-electron chi connectivity index (χ3n) is 2.91. The van der Waals surface area contributed by atoms with Gasteiger partial charge in [-0.3, -0.25) is 4.99 Å². The first-order valence-electron chi connectivity index (χ1n) is 6.94. The molecule has 0 spiro atoms. The molecule has 0 amide bonds. The van der Waals surface area contributed by atoms with Crippen LogP contribution in [0.25, 0.3) is 0 Å². The minimum atomic E-state index is -0.215. The molecule has 120 valence electrons. The van der Waals surface area contributed by atoms with Crippen molar-refractivity contribution in [3.05, 3.63) is 35.6 Å². The average Bonchev–Trinajstić information content (AvgIpc) is 2.47. The Balaban J connectivity index is 0.00000400. The van der Waals surface area contributed by atoms with Crippen LogP contribution >= 0.6 is 24.0 Å². The SMILES string of the molecule is CN=C(NCCCCCOC)NCc1ccc(F)cc1.I. The molecule has 6 heteroatoms. The molecule has 2 N–H and O–H groups in total. The van der Waals surface area contributed by atoms with Crippen LogP contribution in [0.3, 0.4) is 0 Å². The summed E-state index contributed by atoms with van der Waals surface area (Å²) in [7, 11) is 3.46. The quantitative estimate of drug-likeness (QED) is 0.301. The molecule has 0 bridgehead atoms. The van der Waals surface area contributed by atoms with E-state index in [1.54, 1.807) is 26.3 Å². The second-order valence-corrected chi connectivity index (χ2v) is 4.53. The summed E-state index contributed by atoms with van der Waals surface area (Å²) in [6.07, 6.45) is 3.30. The van der Waals surface area contributed by atoms with Crippen LogP contribution in [0, 0.1) is 5.82 Å². The van der Waals surface area contributed by atoms with Gasteiger partial charge in [-0.1, -0.05) is 12.1 Å². The zero-order valence-corrected chi connectivity index (χ0v) is 15.0. The summed E-state index contributed by atoms with van der Waals surface area (Å²) < 4.78 is 17.8. The van der Waals surface area contributed by atoms with Crippen molar-refractivity contribution in [1.82, 2.24) is 10.6 Å². The number of hydrogen-bond donors (Lipinski definition) is 2. The number of benzene rings is 1. The Hall–Kier alpha value is -0.890. The van der Waals surface area contributed by atoms with Crippen molar-refractivity contribution in [2.24, 2.45) is 4.99 Å². The summed E-state index contributed by atoms with van der Waals surface area (Å²) >= 11 is 0. The number of guanidine groups is 1. The van der Waals surface area contributed by atoms with Gasteiger partial charge >= 0.3 is 0 Å². The Labute approximate surface area is 143 Å². The molecule has 0 aliphatic heterocycles. The van der Waals surface area contributed by atoms with Gasteiger partial charge in [-0.05, 0) is 37.0 Å². The second kappa shape index (κ2) is 12.8. The number of halogens is 2. The fourth-order valence-corrected chi connectivity index (χ4v) is 1.76. The minimum Gasteiger partial charge on any atom is -0.385 e. The van der Waals surface area contributed by atoms with Gasteiger partial charge in [0.1, 0.15) is 5.82 Å². The Kier molecular flexibility index (Phi) is 12.3. The van der Waals surface area contributed by atoms with Gasteiger partial charge in [-0.25, -0.2) is 4.39 Å². The summed E-state index contributed by atoms with van der Waals surface area (Å²) in [4.78, 5) is 4.15. The van der Waals surface area contributed by atoms with Gasteiger partial charge in [0.15, 0.2) is 5.96 Å². The number of methoxy groups -OCH3 is 1. The van der Waals surface area contributed by atoms with E-state index in [9.17, 15) is 4.39 Å². The molecule has 0 saturated heterocycles. The lowest BCUT2D eigenvalue weighted by Gasteiger charge is -2.11. The molecular formula is C15H25FIN3O. The van der Waals surface area contributed by atoms with Gasteiger partial charge in [0.25, 0.3) is 0 Å². The third-order valence-corrected chi connectivity index (χ3v) is 2.91. The van der Waals surface area contributed by atoms with E-state index in [2.05, 4.69) is 15.6 Å². The first kappa shape index (κ1) is 20.1. The van der Waals surface area contributed by atoms with Crippen LogP contribution in [0.2, 0.25) is 0 Å². The highest BCUT2D eigenvalue weighted by Crippen LogP contribution is 2.01. The van der Waals surface area contributed by atoms with Crippen molar-refractivity contribution in [3.8, 4) is 0 Å². The van der Waals surface area contributed by atoms with Crippen LogP contribution in [0.5, 0.6) is 0 Å². The molecule has 0 heterocycles. The molecule has 4 nitrogen and oxygen atoms in total. The summed E-state index contributed by atoms with van der Waals surface area (Å²) in [5.41, 5.74) is 1.02. The molecule has 1 aromatic carbocycles. The van der Waals surface area contributed by atoms with Crippen molar-refractivity contribution in [3.63, 3.8) is 0 Å². The molecule has 1 rings (SSSR count). The number of nitrogens with zero attached hydrogens (tertiary/aromatic N) is 1. The molecule has 0 saturated carbocycles. The zero-order valence-electron chi connectivity index (χ0n) is 12.7. The van der Waals surface area contributed by atoms with Gasteiger partial charge in [0, 0.05) is 33.9 Å². The fourth-order valence-electron chi connectivity index (χ4n) is 1.76. The molecule has 0 fully saturated rings. The number of hydrogen-bond acceptors (Lipinski definition) is 2. The summed E-state index contributed by atoms with van der Waals surface area (Å²) in [6.45, 7) is 2.33. The van der Waals surface area contributed by atoms with Gasteiger partial charge in [-0.2, -0.15) is 0 Å². The molecule has 1 aromatic rings. The third kappa shape index (κ3) is 9.62. The predicted octanol–water partition coefficient (Wildman–Crippen LogP) is 2.93. The van der Waals surface area contributed by atoms with E-state index in [0.29, 0.717) is 6.54 Å². The molecule has 0 radical (unpaired) electrons. The first-order chi connectivity index (χ1) is 9.76. The molecular weight excluding hydrogens is 384 g/mol. The van der Waals surface area contributed by atoms with E-state index in [4.69, 9.17) is 4.74 Å². The molecule has 21 heavy (non-hydrogen) atoms. The zero-order chi connectivity index (χ0) is 14.6. The number of aliphatic imine (C=N–C) groups is 1. The normalized spacial score (nSPS) is 10.9. The standard InChI is InChI=1S/C15H24FN3O.HI/c1-17-15(18-10-4-3-5-11-20-2)19-12-13-6-8-14(16)9-7-13;/h6-9H,3-5,10-12H2,1-2H3,(H2,17,18,19);1H. The fraction of sp³-hybridized carbons (Fsp3) is 0.533. The average molecular weight is 409 g/mol. The van der Waals surface area contributed by atoms with Crippen LogP contribution < -0.4 is 10.6 Å². The maximum atomic E-state index is 12.8. The number of nitrogens with one attached hydrogen (secondary N) is 2. The number of ether oxygens (including phenoxy) is 1. The first-order valence-corrected chi connectivity index (χ1v) is 6.94. The monoisotopic (exact) mass is 409 g/mol. The van der Waals surface area contributed by atoms with Crippen molar-refractivity contribution in [1.29, 1.82) is 0 Å². The lowest BCUT2D eigenvalue weighted by atomic mass is 10.2. The van der Waals surface area contributed by atoms with E-state index in [1.807, 2.05) is 0 Å². The number of rotatable bonds is 8. The Bertz CT molecular complexity index is 398. The summed E-state index contributed by atoms with van der Waals surface area (Å²) in [5, 5.41) is 6.45. The summed E-state index contributed by atoms with van der Waals surface area (Å²) in [6, 6.07) is 6.45. The van der Waals surface area contributed by atoms with E-state index in [-0.39, 0.29) is 29.8 Å². The number of unbranched alkanes of at least 4 members (excludes halogenated alkanes) is 2. The van der Waals surface area contributed by atoms with Crippen LogP contribution in [0.15, 0.2) is 29.3 Å². The minimum absolute atomic E-state index is 0. The van der Waals surface area contributed by atoms with Gasteiger partial charge in [-0.15, -0.1) is 24.0 Å².